The van der Waals surface area contributed by atoms with Crippen molar-refractivity contribution in [3.8, 4) is 0 Å². The van der Waals surface area contributed by atoms with Crippen LogP contribution in [0.15, 0.2) is 11.1 Å². The van der Waals surface area contributed by atoms with Gasteiger partial charge in [0.1, 0.15) is 6.73 Å². The van der Waals surface area contributed by atoms with Crippen LogP contribution in [0.4, 0.5) is 0 Å². The zero-order valence-corrected chi connectivity index (χ0v) is 19.3. The summed E-state index contributed by atoms with van der Waals surface area (Å²) in [6.45, 7) is 5.82. The molecule has 0 aromatic carbocycles. The molecule has 1 fully saturated rings. The van der Waals surface area contributed by atoms with Gasteiger partial charge in [-0.25, -0.2) is 0 Å². The Kier molecular flexibility index (Phi) is 14.0. The van der Waals surface area contributed by atoms with Crippen molar-refractivity contribution in [2.45, 2.75) is 124 Å². The van der Waals surface area contributed by atoms with E-state index in [1.807, 2.05) is 6.92 Å². The quantitative estimate of drug-likeness (QED) is 0.170. The predicted molar refractivity (Wildman–Crippen MR) is 120 cm³/mol. The molecule has 4 heteroatoms. The van der Waals surface area contributed by atoms with Crippen LogP contribution in [0.25, 0.3) is 0 Å². The van der Waals surface area contributed by atoms with E-state index in [-0.39, 0.29) is 24.2 Å². The van der Waals surface area contributed by atoms with E-state index in [4.69, 9.17) is 5.11 Å². The molecular formula is C25H45NO3. The third kappa shape index (κ3) is 9.93. The number of unbranched alkanes of at least 4 members (excludes halogenated alkanes) is 13. The van der Waals surface area contributed by atoms with E-state index < -0.39 is 6.73 Å². The van der Waals surface area contributed by atoms with Crippen molar-refractivity contribution in [2.75, 3.05) is 6.73 Å². The Morgan fingerprint density at radius 3 is 1.69 bits per heavy atom. The number of likely N-dealkylation sites (tertiary alicyclic amines) is 1. The second-order valence-corrected chi connectivity index (χ2v) is 8.87. The molecule has 2 amide bonds. The van der Waals surface area contributed by atoms with Crippen LogP contribution in [-0.4, -0.2) is 28.6 Å². The maximum absolute atomic E-state index is 12.2. The maximum atomic E-state index is 12.2. The Morgan fingerprint density at radius 2 is 1.28 bits per heavy atom. The fourth-order valence-corrected chi connectivity index (χ4v) is 4.25. The third-order valence-electron chi connectivity index (χ3n) is 6.49. The van der Waals surface area contributed by atoms with Crippen molar-refractivity contribution in [2.24, 2.45) is 5.92 Å². The molecule has 1 heterocycles. The number of amides is 2. The van der Waals surface area contributed by atoms with Crippen molar-refractivity contribution in [1.29, 1.82) is 0 Å². The first kappa shape index (κ1) is 25.9. The van der Waals surface area contributed by atoms with Crippen LogP contribution in [0.1, 0.15) is 124 Å². The summed E-state index contributed by atoms with van der Waals surface area (Å²) in [5.41, 5.74) is 2.25. The van der Waals surface area contributed by atoms with E-state index in [2.05, 4.69) is 13.8 Å². The topological polar surface area (TPSA) is 57.6 Å². The van der Waals surface area contributed by atoms with Crippen LogP contribution in [0.5, 0.6) is 0 Å². The van der Waals surface area contributed by atoms with Gasteiger partial charge >= 0.3 is 0 Å². The second-order valence-electron chi connectivity index (χ2n) is 8.87. The molecule has 168 valence electrons. The molecule has 0 aromatic heterocycles. The third-order valence-corrected chi connectivity index (χ3v) is 6.49. The fraction of sp³-hybridized carbons (Fsp3) is 0.840. The van der Waals surface area contributed by atoms with Crippen molar-refractivity contribution in [3.63, 3.8) is 0 Å². The first-order valence-electron chi connectivity index (χ1n) is 12.1. The lowest BCUT2D eigenvalue weighted by atomic mass is 9.92. The van der Waals surface area contributed by atoms with Crippen LogP contribution < -0.4 is 0 Å². The zero-order chi connectivity index (χ0) is 21.5. The molecule has 1 atom stereocenters. The van der Waals surface area contributed by atoms with Gasteiger partial charge < -0.3 is 5.11 Å². The maximum Gasteiger partial charge on any atom is 0.238 e. The Bertz CT molecular complexity index is 512. The summed E-state index contributed by atoms with van der Waals surface area (Å²) in [7, 11) is 0. The number of imide groups is 1. The van der Waals surface area contributed by atoms with E-state index in [1.54, 1.807) is 0 Å². The van der Waals surface area contributed by atoms with Crippen LogP contribution in [0.3, 0.4) is 0 Å². The van der Waals surface area contributed by atoms with Gasteiger partial charge in [-0.3, -0.25) is 14.5 Å². The zero-order valence-electron chi connectivity index (χ0n) is 19.3. The number of aliphatic hydroxyl groups is 1. The Hall–Kier alpha value is -1.16. The number of carbonyl (C=O) groups is 2. The van der Waals surface area contributed by atoms with Gasteiger partial charge in [0.25, 0.3) is 0 Å². The highest BCUT2D eigenvalue weighted by molar-refractivity contribution is 6.04. The molecule has 0 bridgehead atoms. The van der Waals surface area contributed by atoms with Crippen LogP contribution >= 0.6 is 0 Å². The highest BCUT2D eigenvalue weighted by Crippen LogP contribution is 2.29. The minimum Gasteiger partial charge on any atom is -0.376 e. The number of aliphatic hydroxyl groups excluding tert-OH is 1. The summed E-state index contributed by atoms with van der Waals surface area (Å²) in [4.78, 5) is 24.9. The van der Waals surface area contributed by atoms with Gasteiger partial charge in [0, 0.05) is 6.42 Å². The van der Waals surface area contributed by atoms with Gasteiger partial charge in [0.05, 0.1) is 5.92 Å². The monoisotopic (exact) mass is 407 g/mol. The Balaban J connectivity index is 2.04. The first-order valence-corrected chi connectivity index (χ1v) is 12.1. The van der Waals surface area contributed by atoms with Crippen LogP contribution in [0, 0.1) is 5.92 Å². The molecule has 0 saturated carbocycles. The average Bonchev–Trinajstić information content (AvgIpc) is 3.00. The van der Waals surface area contributed by atoms with E-state index >= 15 is 0 Å². The molecule has 1 aliphatic rings. The summed E-state index contributed by atoms with van der Waals surface area (Å²) < 4.78 is 0. The van der Waals surface area contributed by atoms with Gasteiger partial charge in [-0.1, -0.05) is 102 Å². The lowest BCUT2D eigenvalue weighted by Crippen LogP contribution is -2.31. The number of hydrogen-bond acceptors (Lipinski definition) is 3. The van der Waals surface area contributed by atoms with Crippen molar-refractivity contribution < 1.29 is 14.7 Å². The highest BCUT2D eigenvalue weighted by Gasteiger charge is 2.39. The van der Waals surface area contributed by atoms with E-state index in [1.165, 1.54) is 89.0 Å². The Morgan fingerprint density at radius 1 is 0.828 bits per heavy atom. The second kappa shape index (κ2) is 15.6. The predicted octanol–water partition coefficient (Wildman–Crippen LogP) is 6.52. The highest BCUT2D eigenvalue weighted by atomic mass is 16.3. The number of allylic oxidation sites excluding steroid dienone is 1. The van der Waals surface area contributed by atoms with Gasteiger partial charge in [-0.05, 0) is 26.7 Å². The summed E-state index contributed by atoms with van der Waals surface area (Å²) in [5, 5.41) is 9.16. The Labute approximate surface area is 179 Å². The smallest absolute Gasteiger partial charge is 0.238 e. The molecule has 0 radical (unpaired) electrons. The molecule has 1 aliphatic heterocycles. The molecule has 0 aliphatic carbocycles. The van der Waals surface area contributed by atoms with Crippen LogP contribution in [-0.2, 0) is 9.59 Å². The van der Waals surface area contributed by atoms with E-state index in [0.29, 0.717) is 0 Å². The number of hydrogen-bond donors (Lipinski definition) is 1. The number of rotatable bonds is 17. The van der Waals surface area contributed by atoms with Gasteiger partial charge in [0.2, 0.25) is 11.8 Å². The van der Waals surface area contributed by atoms with Crippen LogP contribution in [0.2, 0.25) is 0 Å². The van der Waals surface area contributed by atoms with E-state index in [0.717, 1.165) is 23.3 Å². The van der Waals surface area contributed by atoms with Crippen molar-refractivity contribution in [1.82, 2.24) is 4.90 Å². The summed E-state index contributed by atoms with van der Waals surface area (Å²) in [6, 6.07) is 0. The SMILES string of the molecule is CCCCCCCCCCCCCCCCC(C)=C(C)C1CC(=O)N(CO)C1=O. The standard InChI is InChI=1S/C25H45NO3/c1-4-5-6-7-8-9-10-11-12-13-14-15-16-17-18-21(2)22(3)23-19-24(28)26(20-27)25(23)29/h23,27H,4-20H2,1-3H3. The largest absolute Gasteiger partial charge is 0.376 e. The molecular weight excluding hydrogens is 362 g/mol. The normalized spacial score (nSPS) is 17.9. The molecule has 29 heavy (non-hydrogen) atoms. The lowest BCUT2D eigenvalue weighted by Gasteiger charge is -2.14. The van der Waals surface area contributed by atoms with E-state index in [9.17, 15) is 9.59 Å². The summed E-state index contributed by atoms with van der Waals surface area (Å²) in [6.07, 6.45) is 20.2. The van der Waals surface area contributed by atoms with Crippen molar-refractivity contribution in [3.05, 3.63) is 11.1 Å². The minimum absolute atomic E-state index is 0.210. The lowest BCUT2D eigenvalue weighted by molar-refractivity contribution is -0.143. The van der Waals surface area contributed by atoms with Gasteiger partial charge in [0.15, 0.2) is 0 Å². The number of nitrogens with zero attached hydrogens (tertiary/aromatic N) is 1. The number of carbonyl (C=O) groups excluding carboxylic acids is 2. The molecule has 4 nitrogen and oxygen atoms in total. The molecule has 1 N–H and O–H groups in total. The van der Waals surface area contributed by atoms with Gasteiger partial charge in [-0.2, -0.15) is 0 Å². The molecule has 1 unspecified atom stereocenters. The first-order chi connectivity index (χ1) is 14.0. The molecule has 0 aromatic rings. The van der Waals surface area contributed by atoms with Crippen molar-refractivity contribution >= 4 is 11.8 Å². The average molecular weight is 408 g/mol. The molecule has 1 saturated heterocycles. The summed E-state index contributed by atoms with van der Waals surface area (Å²) in [5.74, 6) is -0.859. The summed E-state index contributed by atoms with van der Waals surface area (Å²) >= 11 is 0. The molecule has 0 spiro atoms. The fourth-order valence-electron chi connectivity index (χ4n) is 4.25. The minimum atomic E-state index is -0.501. The van der Waals surface area contributed by atoms with Gasteiger partial charge in [-0.15, -0.1) is 0 Å². The molecule has 1 rings (SSSR count).